The number of nitrogens with zero attached hydrogens (tertiary/aromatic N) is 6. The first-order chi connectivity index (χ1) is 17.4. The molecule has 0 saturated heterocycles. The fourth-order valence-corrected chi connectivity index (χ4v) is 3.44. The maximum Gasteiger partial charge on any atom is 0.433 e. The Hall–Kier alpha value is -4.93. The van der Waals surface area contributed by atoms with Gasteiger partial charge in [0, 0.05) is 35.3 Å². The summed E-state index contributed by atoms with van der Waals surface area (Å²) in [4.78, 5) is 20.9. The third-order valence-corrected chi connectivity index (χ3v) is 5.16. The maximum atomic E-state index is 13.7. The molecule has 0 aliphatic heterocycles. The zero-order valence-corrected chi connectivity index (χ0v) is 18.4. The van der Waals surface area contributed by atoms with Crippen LogP contribution < -0.4 is 5.32 Å². The van der Waals surface area contributed by atoms with E-state index in [1.807, 2.05) is 30.3 Å². The molecule has 4 aromatic heterocycles. The topological polar surface area (TPSA) is 98.5 Å². The molecular weight excluding hydrogens is 471 g/mol. The predicted octanol–water partition coefficient (Wildman–Crippen LogP) is 5.06. The molecule has 0 aliphatic carbocycles. The van der Waals surface area contributed by atoms with Crippen molar-refractivity contribution in [2.75, 3.05) is 5.32 Å². The predicted molar refractivity (Wildman–Crippen MR) is 125 cm³/mol. The Morgan fingerprint density at radius 2 is 1.64 bits per heavy atom. The minimum atomic E-state index is -4.68. The number of carbonyl (C=O) groups is 1. The summed E-state index contributed by atoms with van der Waals surface area (Å²) in [6.07, 6.45) is -0.236. The van der Waals surface area contributed by atoms with Gasteiger partial charge >= 0.3 is 6.18 Å². The second kappa shape index (κ2) is 9.37. The second-order valence-electron chi connectivity index (χ2n) is 7.59. The van der Waals surface area contributed by atoms with Crippen LogP contribution >= 0.6 is 0 Å². The Morgan fingerprint density at radius 1 is 0.833 bits per heavy atom. The number of hydrogen-bond donors (Lipinski definition) is 1. The van der Waals surface area contributed by atoms with Crippen molar-refractivity contribution in [1.82, 2.24) is 29.9 Å². The molecule has 4 heterocycles. The van der Waals surface area contributed by atoms with Crippen LogP contribution in [0.1, 0.15) is 16.1 Å². The van der Waals surface area contributed by atoms with E-state index in [2.05, 4.69) is 30.6 Å². The van der Waals surface area contributed by atoms with E-state index in [1.165, 1.54) is 30.7 Å². The normalized spacial score (nSPS) is 11.3. The van der Waals surface area contributed by atoms with Gasteiger partial charge in [-0.2, -0.15) is 18.3 Å². The van der Waals surface area contributed by atoms with Crippen LogP contribution in [0.25, 0.3) is 28.3 Å². The summed E-state index contributed by atoms with van der Waals surface area (Å²) >= 11 is 0. The summed E-state index contributed by atoms with van der Waals surface area (Å²) in [7, 11) is 0. The number of aromatic nitrogens is 6. The number of amides is 1. The van der Waals surface area contributed by atoms with Gasteiger partial charge in [0.25, 0.3) is 5.91 Å². The van der Waals surface area contributed by atoms with Gasteiger partial charge in [0.2, 0.25) is 0 Å². The average molecular weight is 487 g/mol. The lowest BCUT2D eigenvalue weighted by molar-refractivity contribution is -0.142. The number of carbonyl (C=O) groups excluding carboxylic acids is 1. The summed E-state index contributed by atoms with van der Waals surface area (Å²) in [5, 5.41) is 14.4. The van der Waals surface area contributed by atoms with Crippen LogP contribution in [0.4, 0.5) is 19.0 Å². The first kappa shape index (κ1) is 22.8. The third-order valence-electron chi connectivity index (χ3n) is 5.16. The Bertz CT molecular complexity index is 1500. The summed E-state index contributed by atoms with van der Waals surface area (Å²) in [5.74, 6) is -0.564. The molecule has 0 bridgehead atoms. The lowest BCUT2D eigenvalue weighted by atomic mass is 10.1. The van der Waals surface area contributed by atoms with Crippen LogP contribution in [-0.4, -0.2) is 35.9 Å². The fourth-order valence-electron chi connectivity index (χ4n) is 3.44. The highest BCUT2D eigenvalue weighted by Crippen LogP contribution is 2.33. The van der Waals surface area contributed by atoms with Gasteiger partial charge in [0.05, 0.1) is 11.4 Å². The molecule has 5 rings (SSSR count). The van der Waals surface area contributed by atoms with E-state index >= 15 is 0 Å². The van der Waals surface area contributed by atoms with Crippen LogP contribution in [0.5, 0.6) is 0 Å². The van der Waals surface area contributed by atoms with Gasteiger partial charge < -0.3 is 5.32 Å². The van der Waals surface area contributed by atoms with Gasteiger partial charge in [-0.15, -0.1) is 10.2 Å². The number of halogens is 3. The second-order valence-corrected chi connectivity index (χ2v) is 7.59. The van der Waals surface area contributed by atoms with E-state index < -0.39 is 17.8 Å². The lowest BCUT2D eigenvalue weighted by Gasteiger charge is -2.10. The van der Waals surface area contributed by atoms with Crippen molar-refractivity contribution in [1.29, 1.82) is 0 Å². The Kier molecular flexibility index (Phi) is 5.95. The molecule has 0 radical (unpaired) electrons. The number of pyridine rings is 2. The smallest absolute Gasteiger partial charge is 0.305 e. The highest BCUT2D eigenvalue weighted by Gasteiger charge is 2.37. The molecule has 0 fully saturated rings. The molecule has 0 spiro atoms. The van der Waals surface area contributed by atoms with E-state index in [4.69, 9.17) is 0 Å². The quantitative estimate of drug-likeness (QED) is 0.372. The molecule has 1 N–H and O–H groups in total. The van der Waals surface area contributed by atoms with Gasteiger partial charge in [0.15, 0.2) is 17.3 Å². The number of hydrogen-bond acceptors (Lipinski definition) is 6. The van der Waals surface area contributed by atoms with Gasteiger partial charge in [0.1, 0.15) is 0 Å². The van der Waals surface area contributed by atoms with Crippen molar-refractivity contribution in [2.45, 2.75) is 6.18 Å². The van der Waals surface area contributed by atoms with Gasteiger partial charge in [-0.1, -0.05) is 30.3 Å². The SMILES string of the molecule is O=C(Nc1ccc(-n2nc(-c3cccnc3)cc2C(F)(F)F)nn1)c1ccnc(-c2ccccc2)c1. The monoisotopic (exact) mass is 487 g/mol. The Labute approximate surface area is 202 Å². The van der Waals surface area contributed by atoms with Crippen LogP contribution in [0.3, 0.4) is 0 Å². The fraction of sp³-hybridized carbons (Fsp3) is 0.0400. The standard InChI is InChI=1S/C25H16F3N7O/c26-25(27,28)21-14-20(18-7-4-11-29-15-18)34-35(21)23-9-8-22(32-33-23)31-24(36)17-10-12-30-19(13-17)16-5-2-1-3-6-16/h1-15H,(H,31,32,36). The van der Waals surface area contributed by atoms with Crippen LogP contribution in [0.15, 0.2) is 91.4 Å². The van der Waals surface area contributed by atoms with Crippen molar-refractivity contribution >= 4 is 11.7 Å². The van der Waals surface area contributed by atoms with Crippen molar-refractivity contribution in [3.8, 4) is 28.3 Å². The maximum absolute atomic E-state index is 13.7. The summed E-state index contributed by atoms with van der Waals surface area (Å²) in [6, 6.07) is 19.3. The molecule has 178 valence electrons. The highest BCUT2D eigenvalue weighted by atomic mass is 19.4. The molecule has 1 aromatic carbocycles. The van der Waals surface area contributed by atoms with Gasteiger partial charge in [-0.05, 0) is 42.5 Å². The molecular formula is C25H16F3N7O. The van der Waals surface area contributed by atoms with E-state index in [0.29, 0.717) is 21.5 Å². The number of rotatable bonds is 5. The minimum Gasteiger partial charge on any atom is -0.305 e. The van der Waals surface area contributed by atoms with Crippen LogP contribution in [0.2, 0.25) is 0 Å². The number of anilines is 1. The molecule has 5 aromatic rings. The van der Waals surface area contributed by atoms with Gasteiger partial charge in [-0.3, -0.25) is 14.8 Å². The van der Waals surface area contributed by atoms with E-state index in [-0.39, 0.29) is 17.3 Å². The van der Waals surface area contributed by atoms with E-state index in [9.17, 15) is 18.0 Å². The minimum absolute atomic E-state index is 0.0648. The van der Waals surface area contributed by atoms with Crippen molar-refractivity contribution in [3.05, 3.63) is 103 Å². The molecule has 11 heteroatoms. The van der Waals surface area contributed by atoms with Crippen LogP contribution in [0, 0.1) is 0 Å². The Balaban J connectivity index is 1.39. The summed E-state index contributed by atoms with van der Waals surface area (Å²) in [6.45, 7) is 0. The van der Waals surface area contributed by atoms with Crippen molar-refractivity contribution in [3.63, 3.8) is 0 Å². The molecule has 0 aliphatic rings. The lowest BCUT2D eigenvalue weighted by Crippen LogP contribution is -2.16. The summed E-state index contributed by atoms with van der Waals surface area (Å²) in [5.41, 5.74) is 1.29. The molecule has 0 unspecified atom stereocenters. The first-order valence-electron chi connectivity index (χ1n) is 10.6. The highest BCUT2D eigenvalue weighted by molar-refractivity contribution is 6.04. The van der Waals surface area contributed by atoms with Crippen LogP contribution in [-0.2, 0) is 6.18 Å². The van der Waals surface area contributed by atoms with E-state index in [0.717, 1.165) is 11.6 Å². The van der Waals surface area contributed by atoms with Crippen molar-refractivity contribution < 1.29 is 18.0 Å². The zero-order valence-electron chi connectivity index (χ0n) is 18.4. The Morgan fingerprint density at radius 3 is 2.33 bits per heavy atom. The molecule has 0 saturated carbocycles. The molecule has 36 heavy (non-hydrogen) atoms. The van der Waals surface area contributed by atoms with E-state index in [1.54, 1.807) is 24.3 Å². The molecule has 1 amide bonds. The zero-order chi connectivity index (χ0) is 25.1. The average Bonchev–Trinajstić information content (AvgIpc) is 3.37. The largest absolute Gasteiger partial charge is 0.433 e. The molecule has 8 nitrogen and oxygen atoms in total. The van der Waals surface area contributed by atoms with Crippen molar-refractivity contribution in [2.24, 2.45) is 0 Å². The summed E-state index contributed by atoms with van der Waals surface area (Å²) < 4.78 is 41.7. The number of benzene rings is 1. The first-order valence-corrected chi connectivity index (χ1v) is 10.6. The number of nitrogens with one attached hydrogen (secondary N) is 1. The third kappa shape index (κ3) is 4.80. The number of alkyl halides is 3. The molecule has 0 atom stereocenters. The van der Waals surface area contributed by atoms with Gasteiger partial charge in [-0.25, -0.2) is 4.68 Å².